The lowest BCUT2D eigenvalue weighted by atomic mass is 9.99. The van der Waals surface area contributed by atoms with Crippen molar-refractivity contribution < 1.29 is 13.2 Å². The van der Waals surface area contributed by atoms with Crippen LogP contribution < -0.4 is 5.32 Å². The summed E-state index contributed by atoms with van der Waals surface area (Å²) in [5, 5.41) is 2.92. The first-order valence-corrected chi connectivity index (χ1v) is 8.57. The van der Waals surface area contributed by atoms with Gasteiger partial charge in [0.2, 0.25) is 5.95 Å². The summed E-state index contributed by atoms with van der Waals surface area (Å²) < 4.78 is 39.1. The molecule has 0 radical (unpaired) electrons. The number of halogens is 3. The summed E-state index contributed by atoms with van der Waals surface area (Å²) in [5.74, 6) is 0.391. The highest BCUT2D eigenvalue weighted by molar-refractivity contribution is 5.80. The number of aromatic nitrogens is 3. The Balaban J connectivity index is 1.89. The Kier molecular flexibility index (Phi) is 5.25. The predicted molar refractivity (Wildman–Crippen MR) is 94.9 cm³/mol. The van der Waals surface area contributed by atoms with Crippen LogP contribution in [0.3, 0.4) is 0 Å². The van der Waals surface area contributed by atoms with Gasteiger partial charge in [-0.2, -0.15) is 0 Å². The Morgan fingerprint density at radius 3 is 2.65 bits per heavy atom. The van der Waals surface area contributed by atoms with Gasteiger partial charge in [0.15, 0.2) is 0 Å². The minimum absolute atomic E-state index is 0.119. The van der Waals surface area contributed by atoms with Gasteiger partial charge in [-0.3, -0.25) is 4.98 Å². The van der Waals surface area contributed by atoms with Crippen LogP contribution >= 0.6 is 0 Å². The van der Waals surface area contributed by atoms with Crippen molar-refractivity contribution in [2.75, 3.05) is 11.9 Å². The summed E-state index contributed by atoms with van der Waals surface area (Å²) in [6.07, 6.45) is 5.18. The Bertz CT molecular complexity index is 795. The molecule has 2 aromatic heterocycles. The van der Waals surface area contributed by atoms with Crippen LogP contribution in [0.5, 0.6) is 0 Å². The van der Waals surface area contributed by atoms with Gasteiger partial charge in [0, 0.05) is 23.5 Å². The minimum Gasteiger partial charge on any atom is -0.351 e. The largest absolute Gasteiger partial charge is 0.351 e. The molecule has 0 fully saturated rings. The summed E-state index contributed by atoms with van der Waals surface area (Å²) in [5.41, 5.74) is 1.77. The van der Waals surface area contributed by atoms with Gasteiger partial charge in [0.25, 0.3) is 6.43 Å². The molecular formula is C19H21F3N4. The maximum atomic E-state index is 13.7. The Morgan fingerprint density at radius 1 is 1.19 bits per heavy atom. The Hall–Kier alpha value is -2.44. The molecule has 0 bridgehead atoms. The smallest absolute Gasteiger partial charge is 0.280 e. The third kappa shape index (κ3) is 4.39. The van der Waals surface area contributed by atoms with Gasteiger partial charge in [-0.1, -0.05) is 12.1 Å². The second kappa shape index (κ2) is 7.43. The maximum Gasteiger partial charge on any atom is 0.280 e. The summed E-state index contributed by atoms with van der Waals surface area (Å²) >= 11 is 0. The Morgan fingerprint density at radius 2 is 2.00 bits per heavy atom. The Labute approximate surface area is 150 Å². The monoisotopic (exact) mass is 362 g/mol. The standard InChI is InChI=1S/C19H21F3N4/c1-19(2,22)11-25-18-24-10-14-13(5-3-4-6-15(14)26-18)12-7-8-16(17(20)21)23-9-12/h5,7-10,17H,3-4,6,11H2,1-2H3,(H,24,25,26). The summed E-state index contributed by atoms with van der Waals surface area (Å²) in [6.45, 7) is 3.09. The van der Waals surface area contributed by atoms with Crippen molar-refractivity contribution in [1.82, 2.24) is 15.0 Å². The van der Waals surface area contributed by atoms with Gasteiger partial charge in [0.1, 0.15) is 11.4 Å². The molecule has 3 rings (SSSR count). The third-order valence-electron chi connectivity index (χ3n) is 4.11. The van der Waals surface area contributed by atoms with Gasteiger partial charge in [-0.25, -0.2) is 23.1 Å². The van der Waals surface area contributed by atoms with E-state index < -0.39 is 12.1 Å². The zero-order valence-corrected chi connectivity index (χ0v) is 14.8. The fourth-order valence-corrected chi connectivity index (χ4v) is 2.80. The maximum absolute atomic E-state index is 13.7. The van der Waals surface area contributed by atoms with Crippen LogP contribution in [-0.2, 0) is 6.42 Å². The van der Waals surface area contributed by atoms with E-state index in [-0.39, 0.29) is 12.2 Å². The lowest BCUT2D eigenvalue weighted by molar-refractivity contribution is 0.146. The second-order valence-electron chi connectivity index (χ2n) is 6.91. The molecule has 7 heteroatoms. The highest BCUT2D eigenvalue weighted by Crippen LogP contribution is 2.30. The van der Waals surface area contributed by atoms with Crippen LogP contribution in [0.2, 0.25) is 0 Å². The van der Waals surface area contributed by atoms with Crippen molar-refractivity contribution in [1.29, 1.82) is 0 Å². The van der Waals surface area contributed by atoms with Crippen LogP contribution in [0.15, 0.2) is 30.6 Å². The van der Waals surface area contributed by atoms with Crippen molar-refractivity contribution >= 4 is 11.5 Å². The molecule has 0 atom stereocenters. The minimum atomic E-state index is -2.59. The van der Waals surface area contributed by atoms with Crippen molar-refractivity contribution in [2.24, 2.45) is 0 Å². The third-order valence-corrected chi connectivity index (χ3v) is 4.11. The van der Waals surface area contributed by atoms with Crippen molar-refractivity contribution in [3.05, 3.63) is 53.1 Å². The molecule has 0 amide bonds. The van der Waals surface area contributed by atoms with E-state index in [1.165, 1.54) is 26.1 Å². The van der Waals surface area contributed by atoms with Crippen LogP contribution in [0.25, 0.3) is 5.57 Å². The molecule has 26 heavy (non-hydrogen) atoms. The number of rotatable bonds is 5. The average Bonchev–Trinajstić information content (AvgIpc) is 2.81. The fourth-order valence-electron chi connectivity index (χ4n) is 2.80. The van der Waals surface area contributed by atoms with E-state index in [9.17, 15) is 13.2 Å². The number of aryl methyl sites for hydroxylation is 1. The van der Waals surface area contributed by atoms with Crippen LogP contribution in [-0.4, -0.2) is 27.2 Å². The van der Waals surface area contributed by atoms with E-state index >= 15 is 0 Å². The molecular weight excluding hydrogens is 341 g/mol. The molecule has 0 spiro atoms. The number of nitrogens with one attached hydrogen (secondary N) is 1. The SMILES string of the molecule is CC(C)(F)CNc1ncc2c(n1)CCCC=C2c1ccc(C(F)F)nc1. The van der Waals surface area contributed by atoms with Crippen molar-refractivity contribution in [2.45, 2.75) is 45.2 Å². The van der Waals surface area contributed by atoms with E-state index in [1.807, 2.05) is 0 Å². The summed E-state index contributed by atoms with van der Waals surface area (Å²) in [7, 11) is 0. The molecule has 1 aliphatic rings. The van der Waals surface area contributed by atoms with Gasteiger partial charge in [-0.05, 0) is 44.7 Å². The van der Waals surface area contributed by atoms with E-state index in [4.69, 9.17) is 0 Å². The number of pyridine rings is 1. The number of allylic oxidation sites excluding steroid dienone is 1. The van der Waals surface area contributed by atoms with Crippen LogP contribution in [0, 0.1) is 0 Å². The summed E-state index contributed by atoms with van der Waals surface area (Å²) in [4.78, 5) is 12.7. The van der Waals surface area contributed by atoms with E-state index in [0.29, 0.717) is 5.95 Å². The molecule has 0 aromatic carbocycles. The molecule has 4 nitrogen and oxygen atoms in total. The van der Waals surface area contributed by atoms with Gasteiger partial charge in [0.05, 0.1) is 12.2 Å². The van der Waals surface area contributed by atoms with Gasteiger partial charge in [-0.15, -0.1) is 0 Å². The molecule has 0 saturated heterocycles. The topological polar surface area (TPSA) is 50.7 Å². The summed E-state index contributed by atoms with van der Waals surface area (Å²) in [6, 6.07) is 2.98. The van der Waals surface area contributed by atoms with Crippen molar-refractivity contribution in [3.63, 3.8) is 0 Å². The number of hydrogen-bond donors (Lipinski definition) is 1. The lowest BCUT2D eigenvalue weighted by Crippen LogP contribution is -2.25. The normalized spacial score (nSPS) is 14.6. The van der Waals surface area contributed by atoms with Gasteiger partial charge < -0.3 is 5.32 Å². The quantitative estimate of drug-likeness (QED) is 0.835. The number of alkyl halides is 3. The molecule has 138 valence electrons. The molecule has 0 unspecified atom stereocenters. The molecule has 2 heterocycles. The zero-order valence-electron chi connectivity index (χ0n) is 14.8. The molecule has 0 saturated carbocycles. The number of nitrogens with zero attached hydrogens (tertiary/aromatic N) is 3. The van der Waals surface area contributed by atoms with Gasteiger partial charge >= 0.3 is 0 Å². The van der Waals surface area contributed by atoms with E-state index in [2.05, 4.69) is 26.3 Å². The first-order chi connectivity index (χ1) is 12.3. The first kappa shape index (κ1) is 18.4. The second-order valence-corrected chi connectivity index (χ2v) is 6.91. The van der Waals surface area contributed by atoms with Crippen molar-refractivity contribution in [3.8, 4) is 0 Å². The average molecular weight is 362 g/mol. The van der Waals surface area contributed by atoms with E-state index in [0.717, 1.165) is 41.7 Å². The number of fused-ring (bicyclic) bond motifs is 1. The number of hydrogen-bond acceptors (Lipinski definition) is 4. The first-order valence-electron chi connectivity index (χ1n) is 8.57. The number of anilines is 1. The molecule has 1 aliphatic carbocycles. The highest BCUT2D eigenvalue weighted by Gasteiger charge is 2.19. The zero-order chi connectivity index (χ0) is 18.7. The lowest BCUT2D eigenvalue weighted by Gasteiger charge is -2.16. The molecule has 2 aromatic rings. The van der Waals surface area contributed by atoms with Crippen LogP contribution in [0.1, 0.15) is 55.6 Å². The highest BCUT2D eigenvalue weighted by atomic mass is 19.3. The molecule has 0 aliphatic heterocycles. The predicted octanol–water partition coefficient (Wildman–Crippen LogP) is 4.74. The molecule has 1 N–H and O–H groups in total. The van der Waals surface area contributed by atoms with Crippen LogP contribution in [0.4, 0.5) is 19.1 Å². The van der Waals surface area contributed by atoms with E-state index in [1.54, 1.807) is 12.3 Å². The fraction of sp³-hybridized carbons (Fsp3) is 0.421.